The monoisotopic (exact) mass is 271 g/mol. The summed E-state index contributed by atoms with van der Waals surface area (Å²) in [7, 11) is 0. The number of carboxylic acid groups (broad SMARTS) is 1. The maximum atomic E-state index is 13.0. The highest BCUT2D eigenvalue weighted by Gasteiger charge is 2.31. The van der Waals surface area contributed by atoms with Gasteiger partial charge in [0, 0.05) is 18.7 Å². The Kier molecular flexibility index (Phi) is 3.52. The van der Waals surface area contributed by atoms with Crippen LogP contribution in [0.3, 0.4) is 0 Å². The Bertz CT molecular complexity index is 506. The zero-order valence-corrected chi connectivity index (χ0v) is 10.2. The number of hydrogen-bond acceptors (Lipinski definition) is 2. The fourth-order valence-electron chi connectivity index (χ4n) is 1.96. The number of benzene rings is 1. The van der Waals surface area contributed by atoms with Gasteiger partial charge < -0.3 is 10.0 Å². The fourth-order valence-corrected chi connectivity index (χ4v) is 2.14. The van der Waals surface area contributed by atoms with Gasteiger partial charge in [-0.2, -0.15) is 0 Å². The molecule has 1 aliphatic heterocycles. The third-order valence-electron chi connectivity index (χ3n) is 2.99. The van der Waals surface area contributed by atoms with Crippen LogP contribution in [0.4, 0.5) is 4.39 Å². The first kappa shape index (κ1) is 12.8. The molecular formula is C12H11ClFNO3. The van der Waals surface area contributed by atoms with Gasteiger partial charge in [-0.15, -0.1) is 0 Å². The van der Waals surface area contributed by atoms with Gasteiger partial charge in [-0.3, -0.25) is 9.59 Å². The van der Waals surface area contributed by atoms with E-state index in [0.29, 0.717) is 13.0 Å². The average Bonchev–Trinajstić information content (AvgIpc) is 2.81. The van der Waals surface area contributed by atoms with Crippen LogP contribution in [0.15, 0.2) is 18.2 Å². The molecule has 0 radical (unpaired) electrons. The van der Waals surface area contributed by atoms with Gasteiger partial charge in [0.1, 0.15) is 5.82 Å². The second-order valence-corrected chi connectivity index (χ2v) is 4.61. The molecule has 1 aliphatic rings. The molecule has 1 amide bonds. The van der Waals surface area contributed by atoms with Crippen LogP contribution in [0.25, 0.3) is 0 Å². The van der Waals surface area contributed by atoms with Crippen molar-refractivity contribution in [2.24, 2.45) is 5.92 Å². The van der Waals surface area contributed by atoms with Gasteiger partial charge in [0.2, 0.25) is 0 Å². The summed E-state index contributed by atoms with van der Waals surface area (Å²) in [6.45, 7) is 0.577. The van der Waals surface area contributed by atoms with E-state index >= 15 is 0 Å². The number of aliphatic carboxylic acids is 1. The van der Waals surface area contributed by atoms with Crippen molar-refractivity contribution in [3.05, 3.63) is 34.6 Å². The molecule has 0 aliphatic carbocycles. The Morgan fingerprint density at radius 1 is 1.44 bits per heavy atom. The van der Waals surface area contributed by atoms with Crippen LogP contribution in [-0.2, 0) is 4.79 Å². The lowest BCUT2D eigenvalue weighted by Crippen LogP contribution is -2.29. The maximum absolute atomic E-state index is 13.0. The van der Waals surface area contributed by atoms with Crippen molar-refractivity contribution in [1.82, 2.24) is 4.90 Å². The normalized spacial score (nSPS) is 19.0. The first-order chi connectivity index (χ1) is 8.49. The lowest BCUT2D eigenvalue weighted by molar-refractivity contribution is -0.141. The van der Waals surface area contributed by atoms with Crippen LogP contribution in [0, 0.1) is 11.7 Å². The molecule has 0 aromatic heterocycles. The van der Waals surface area contributed by atoms with Crippen molar-refractivity contribution in [2.75, 3.05) is 13.1 Å². The quantitative estimate of drug-likeness (QED) is 0.895. The highest BCUT2D eigenvalue weighted by Crippen LogP contribution is 2.21. The van der Waals surface area contributed by atoms with Gasteiger partial charge in [-0.25, -0.2) is 4.39 Å². The first-order valence-electron chi connectivity index (χ1n) is 5.46. The van der Waals surface area contributed by atoms with E-state index in [-0.39, 0.29) is 23.0 Å². The molecule has 96 valence electrons. The number of hydrogen-bond donors (Lipinski definition) is 1. The molecule has 6 heteroatoms. The Hall–Kier alpha value is -1.62. The lowest BCUT2D eigenvalue weighted by Gasteiger charge is -2.15. The van der Waals surface area contributed by atoms with E-state index in [1.165, 1.54) is 17.0 Å². The number of amides is 1. The van der Waals surface area contributed by atoms with Crippen LogP contribution >= 0.6 is 11.6 Å². The van der Waals surface area contributed by atoms with E-state index in [4.69, 9.17) is 16.7 Å². The Morgan fingerprint density at radius 2 is 2.17 bits per heavy atom. The van der Waals surface area contributed by atoms with E-state index in [1.54, 1.807) is 0 Å². The molecule has 0 unspecified atom stereocenters. The first-order valence-corrected chi connectivity index (χ1v) is 5.84. The number of likely N-dealkylation sites (tertiary alicyclic amines) is 1. The Balaban J connectivity index is 2.12. The number of carbonyl (C=O) groups is 2. The van der Waals surface area contributed by atoms with E-state index < -0.39 is 17.7 Å². The standard InChI is InChI=1S/C12H11ClFNO3/c13-9-5-7(1-2-10(9)14)11(16)15-4-3-8(6-15)12(17)18/h1-2,5,8H,3-4,6H2,(H,17,18)/t8-/m1/s1. The summed E-state index contributed by atoms with van der Waals surface area (Å²) in [6.07, 6.45) is 0.440. The van der Waals surface area contributed by atoms with Gasteiger partial charge in [0.15, 0.2) is 0 Å². The molecule has 1 N–H and O–H groups in total. The summed E-state index contributed by atoms with van der Waals surface area (Å²) in [5, 5.41) is 8.74. The highest BCUT2D eigenvalue weighted by atomic mass is 35.5. The van der Waals surface area contributed by atoms with Gasteiger partial charge in [0.05, 0.1) is 10.9 Å². The minimum Gasteiger partial charge on any atom is -0.481 e. The predicted molar refractivity (Wildman–Crippen MR) is 63.1 cm³/mol. The van der Waals surface area contributed by atoms with Gasteiger partial charge >= 0.3 is 5.97 Å². The molecule has 0 saturated carbocycles. The number of rotatable bonds is 2. The molecule has 0 spiro atoms. The third kappa shape index (κ3) is 2.46. The molecule has 1 aromatic carbocycles. The Labute approximate surface area is 108 Å². The number of nitrogens with zero attached hydrogens (tertiary/aromatic N) is 1. The number of halogens is 2. The summed E-state index contributed by atoms with van der Waals surface area (Å²) in [5.41, 5.74) is 0.271. The van der Waals surface area contributed by atoms with Crippen LogP contribution in [0.1, 0.15) is 16.8 Å². The van der Waals surface area contributed by atoms with E-state index in [9.17, 15) is 14.0 Å². The summed E-state index contributed by atoms with van der Waals surface area (Å²) in [5.74, 6) is -2.33. The van der Waals surface area contributed by atoms with Crippen molar-refractivity contribution in [2.45, 2.75) is 6.42 Å². The summed E-state index contributed by atoms with van der Waals surface area (Å²) in [6, 6.07) is 3.73. The van der Waals surface area contributed by atoms with E-state index in [1.807, 2.05) is 0 Å². The zero-order chi connectivity index (χ0) is 13.3. The molecule has 1 fully saturated rings. The third-order valence-corrected chi connectivity index (χ3v) is 3.28. The molecule has 1 atom stereocenters. The topological polar surface area (TPSA) is 57.6 Å². The molecule has 1 heterocycles. The smallest absolute Gasteiger partial charge is 0.308 e. The highest BCUT2D eigenvalue weighted by molar-refractivity contribution is 6.31. The van der Waals surface area contributed by atoms with E-state index in [2.05, 4.69) is 0 Å². The minimum absolute atomic E-state index is 0.116. The van der Waals surface area contributed by atoms with Crippen LogP contribution in [0.5, 0.6) is 0 Å². The SMILES string of the molecule is O=C(O)[C@@H]1CCN(C(=O)c2ccc(F)c(Cl)c2)C1. The Morgan fingerprint density at radius 3 is 2.72 bits per heavy atom. The van der Waals surface area contributed by atoms with Crippen molar-refractivity contribution >= 4 is 23.5 Å². The van der Waals surface area contributed by atoms with Gasteiger partial charge in [-0.1, -0.05) is 11.6 Å². The predicted octanol–water partition coefficient (Wildman–Crippen LogP) is 2.03. The molecule has 4 nitrogen and oxygen atoms in total. The van der Waals surface area contributed by atoms with Crippen molar-refractivity contribution in [1.29, 1.82) is 0 Å². The largest absolute Gasteiger partial charge is 0.481 e. The van der Waals surface area contributed by atoms with Crippen LogP contribution < -0.4 is 0 Å². The number of carboxylic acids is 1. The van der Waals surface area contributed by atoms with Gasteiger partial charge in [-0.05, 0) is 24.6 Å². The maximum Gasteiger partial charge on any atom is 0.308 e. The number of carbonyl (C=O) groups excluding carboxylic acids is 1. The molecule has 1 aromatic rings. The zero-order valence-electron chi connectivity index (χ0n) is 9.40. The van der Waals surface area contributed by atoms with Crippen LogP contribution in [-0.4, -0.2) is 35.0 Å². The molecule has 1 saturated heterocycles. The van der Waals surface area contributed by atoms with E-state index in [0.717, 1.165) is 6.07 Å². The minimum atomic E-state index is -0.901. The molecule has 2 rings (SSSR count). The van der Waals surface area contributed by atoms with Crippen molar-refractivity contribution < 1.29 is 19.1 Å². The average molecular weight is 272 g/mol. The lowest BCUT2D eigenvalue weighted by atomic mass is 10.1. The second kappa shape index (κ2) is 4.94. The van der Waals surface area contributed by atoms with Crippen molar-refractivity contribution in [3.63, 3.8) is 0 Å². The fraction of sp³-hybridized carbons (Fsp3) is 0.333. The summed E-state index contributed by atoms with van der Waals surface area (Å²) in [4.78, 5) is 24.3. The summed E-state index contributed by atoms with van der Waals surface area (Å²) >= 11 is 5.60. The van der Waals surface area contributed by atoms with Crippen LogP contribution in [0.2, 0.25) is 5.02 Å². The van der Waals surface area contributed by atoms with Crippen molar-refractivity contribution in [3.8, 4) is 0 Å². The molecule has 18 heavy (non-hydrogen) atoms. The second-order valence-electron chi connectivity index (χ2n) is 4.20. The van der Waals surface area contributed by atoms with Gasteiger partial charge in [0.25, 0.3) is 5.91 Å². The molecule has 0 bridgehead atoms. The summed E-state index contributed by atoms with van der Waals surface area (Å²) < 4.78 is 13.0. The molecular weight excluding hydrogens is 261 g/mol.